The molecule has 1 amide bonds. The normalized spacial score (nSPS) is 14.1. The zero-order valence-corrected chi connectivity index (χ0v) is 40.4. The zero-order chi connectivity index (χ0) is 42.8. The molecule has 3 unspecified atom stereocenters. The first-order chi connectivity index (χ1) is 28.0. The second kappa shape index (κ2) is 41.8. The number of carbonyl (C=O) groups excluding carboxylic acids is 1. The van der Waals surface area contributed by atoms with Crippen molar-refractivity contribution >= 4 is 13.7 Å². The van der Waals surface area contributed by atoms with Crippen LogP contribution < -0.4 is 10.2 Å². The Morgan fingerprint density at radius 1 is 0.534 bits per heavy atom. The molecule has 0 saturated heterocycles. The third-order valence-corrected chi connectivity index (χ3v) is 12.8. The maximum atomic E-state index is 12.9. The number of rotatable bonds is 47. The molecule has 0 radical (unpaired) electrons. The number of unbranched alkanes of at least 4 members (excludes halogenated alkanes) is 34. The third-order valence-electron chi connectivity index (χ3n) is 11.8. The Morgan fingerprint density at radius 3 is 1.17 bits per heavy atom. The Kier molecular flexibility index (Phi) is 41.5. The highest BCUT2D eigenvalue weighted by atomic mass is 31.2. The van der Waals surface area contributed by atoms with Crippen LogP contribution in [0.15, 0.2) is 0 Å². The first kappa shape index (κ1) is 57.5. The van der Waals surface area contributed by atoms with Crippen LogP contribution in [0.5, 0.6) is 0 Å². The van der Waals surface area contributed by atoms with Crippen molar-refractivity contribution < 1.29 is 32.9 Å². The molecular formula is C49H101N2O6P. The molecule has 0 saturated carbocycles. The van der Waals surface area contributed by atoms with E-state index in [2.05, 4.69) is 19.2 Å². The van der Waals surface area contributed by atoms with Crippen LogP contribution in [0.3, 0.4) is 0 Å². The summed E-state index contributed by atoms with van der Waals surface area (Å²) in [6.07, 6.45) is 46.8. The van der Waals surface area contributed by atoms with E-state index in [0.717, 1.165) is 38.5 Å². The number of quaternary nitrogens is 1. The summed E-state index contributed by atoms with van der Waals surface area (Å²) in [7, 11) is 1.32. The lowest BCUT2D eigenvalue weighted by Gasteiger charge is -2.30. The molecule has 2 N–H and O–H groups in total. The lowest BCUT2D eigenvalue weighted by Crippen LogP contribution is -2.46. The number of aliphatic hydroxyl groups excluding tert-OH is 1. The molecule has 0 spiro atoms. The molecule has 0 aromatic carbocycles. The van der Waals surface area contributed by atoms with Crippen LogP contribution in [-0.4, -0.2) is 68.5 Å². The summed E-state index contributed by atoms with van der Waals surface area (Å²) in [6.45, 7) is 4.76. The summed E-state index contributed by atoms with van der Waals surface area (Å²) < 4.78 is 23.3. The Hall–Kier alpha value is -0.500. The van der Waals surface area contributed by atoms with Gasteiger partial charge in [-0.05, 0) is 12.8 Å². The number of aliphatic hydroxyl groups is 1. The number of nitrogens with one attached hydrogen (secondary N) is 1. The van der Waals surface area contributed by atoms with Crippen LogP contribution >= 0.6 is 7.82 Å². The van der Waals surface area contributed by atoms with Gasteiger partial charge in [-0.25, -0.2) is 0 Å². The van der Waals surface area contributed by atoms with Crippen LogP contribution in [0.4, 0.5) is 0 Å². The smallest absolute Gasteiger partial charge is 0.268 e. The summed E-state index contributed by atoms with van der Waals surface area (Å²) in [5.41, 5.74) is 0. The van der Waals surface area contributed by atoms with Gasteiger partial charge in [-0.2, -0.15) is 0 Å². The van der Waals surface area contributed by atoms with E-state index in [-0.39, 0.29) is 19.1 Å². The molecule has 0 aromatic heterocycles. The molecular weight excluding hydrogens is 744 g/mol. The van der Waals surface area contributed by atoms with E-state index in [1.807, 2.05) is 21.1 Å². The molecule has 3 atom stereocenters. The first-order valence-corrected chi connectivity index (χ1v) is 26.8. The topological polar surface area (TPSA) is 108 Å². The molecule has 0 fully saturated rings. The molecule has 0 aromatic rings. The summed E-state index contributed by atoms with van der Waals surface area (Å²) in [5, 5.41) is 14.0. The number of hydrogen-bond donors (Lipinski definition) is 2. The van der Waals surface area contributed by atoms with Crippen molar-refractivity contribution in [3.8, 4) is 0 Å². The molecule has 9 heteroatoms. The molecule has 0 heterocycles. The van der Waals surface area contributed by atoms with Gasteiger partial charge < -0.3 is 28.8 Å². The Labute approximate surface area is 361 Å². The molecule has 58 heavy (non-hydrogen) atoms. The van der Waals surface area contributed by atoms with Crippen molar-refractivity contribution in [1.29, 1.82) is 0 Å². The minimum atomic E-state index is -4.56. The number of phosphoric acid groups is 1. The molecule has 0 rings (SSSR count). The van der Waals surface area contributed by atoms with Crippen molar-refractivity contribution in [1.82, 2.24) is 5.32 Å². The van der Waals surface area contributed by atoms with Crippen molar-refractivity contribution in [2.75, 3.05) is 40.9 Å². The number of carbonyl (C=O) groups is 1. The van der Waals surface area contributed by atoms with E-state index in [9.17, 15) is 19.4 Å². The second-order valence-corrected chi connectivity index (χ2v) is 20.3. The third kappa shape index (κ3) is 43.6. The van der Waals surface area contributed by atoms with Gasteiger partial charge in [0.05, 0.1) is 39.9 Å². The first-order valence-electron chi connectivity index (χ1n) is 25.4. The largest absolute Gasteiger partial charge is 0.756 e. The minimum Gasteiger partial charge on any atom is -0.756 e. The van der Waals surface area contributed by atoms with Gasteiger partial charge >= 0.3 is 0 Å². The fourth-order valence-corrected chi connectivity index (χ4v) is 8.53. The Morgan fingerprint density at radius 2 is 0.845 bits per heavy atom. The Balaban J connectivity index is 4.18. The maximum absolute atomic E-state index is 12.9. The highest BCUT2D eigenvalue weighted by Crippen LogP contribution is 2.38. The molecule has 0 bridgehead atoms. The molecule has 0 aliphatic heterocycles. The van der Waals surface area contributed by atoms with Crippen molar-refractivity contribution in [2.24, 2.45) is 0 Å². The van der Waals surface area contributed by atoms with Gasteiger partial charge in [-0.1, -0.05) is 239 Å². The van der Waals surface area contributed by atoms with Crippen LogP contribution in [0.2, 0.25) is 0 Å². The quantitative estimate of drug-likeness (QED) is 0.0359. The van der Waals surface area contributed by atoms with Gasteiger partial charge in [-0.15, -0.1) is 0 Å². The van der Waals surface area contributed by atoms with E-state index in [4.69, 9.17) is 9.05 Å². The van der Waals surface area contributed by atoms with E-state index < -0.39 is 20.0 Å². The molecule has 8 nitrogen and oxygen atoms in total. The number of nitrogens with zero attached hydrogens (tertiary/aromatic N) is 1. The monoisotopic (exact) mass is 845 g/mol. The second-order valence-electron chi connectivity index (χ2n) is 18.9. The van der Waals surface area contributed by atoms with E-state index in [1.54, 1.807) is 0 Å². The summed E-state index contributed by atoms with van der Waals surface area (Å²) in [6, 6.07) is -0.793. The van der Waals surface area contributed by atoms with Crippen molar-refractivity contribution in [3.05, 3.63) is 0 Å². The van der Waals surface area contributed by atoms with Gasteiger partial charge in [0.15, 0.2) is 0 Å². The molecule has 0 aliphatic rings. The number of likely N-dealkylation sites (N-methyl/N-ethyl adjacent to an activating group) is 1. The predicted octanol–water partition coefficient (Wildman–Crippen LogP) is 13.9. The minimum absolute atomic E-state index is 0.0163. The SMILES string of the molecule is CCCCCCCCCCCCCCCCCCCCCCCCC(=O)NC(COP(=O)([O-])OCC[N+](C)(C)C)C(O)CCCCCCCCCCCCCCCC. The van der Waals surface area contributed by atoms with Gasteiger partial charge in [-0.3, -0.25) is 9.36 Å². The molecule has 348 valence electrons. The van der Waals surface area contributed by atoms with Gasteiger partial charge in [0.2, 0.25) is 5.91 Å². The summed E-state index contributed by atoms with van der Waals surface area (Å²) in [4.78, 5) is 25.4. The van der Waals surface area contributed by atoms with Crippen LogP contribution in [0, 0.1) is 0 Å². The van der Waals surface area contributed by atoms with Crippen molar-refractivity contribution in [3.63, 3.8) is 0 Å². The highest BCUT2D eigenvalue weighted by molar-refractivity contribution is 7.45. The maximum Gasteiger partial charge on any atom is 0.268 e. The molecule has 0 aliphatic carbocycles. The number of hydrogen-bond acceptors (Lipinski definition) is 6. The van der Waals surface area contributed by atoms with Crippen molar-refractivity contribution in [2.45, 2.75) is 270 Å². The van der Waals surface area contributed by atoms with E-state index in [0.29, 0.717) is 23.9 Å². The average Bonchev–Trinajstić information content (AvgIpc) is 3.17. The number of amides is 1. The van der Waals surface area contributed by atoms with Gasteiger partial charge in [0.25, 0.3) is 7.82 Å². The fourth-order valence-electron chi connectivity index (χ4n) is 7.81. The fraction of sp³-hybridized carbons (Fsp3) is 0.980. The summed E-state index contributed by atoms with van der Waals surface area (Å²) >= 11 is 0. The summed E-state index contributed by atoms with van der Waals surface area (Å²) in [5.74, 6) is -0.159. The standard InChI is InChI=1S/C49H101N2O6P/c1-6-8-10-12-14-16-18-20-22-23-24-25-26-27-28-29-31-33-35-37-39-41-43-49(53)50-47(46-57-58(54,55)56-45-44-51(3,4)5)48(52)42-40-38-36-34-32-30-21-19-17-15-13-11-9-7-2/h47-48,52H,6-46H2,1-5H3,(H-,50,53,54,55). The number of phosphoric ester groups is 1. The van der Waals surface area contributed by atoms with Crippen LogP contribution in [-0.2, 0) is 18.4 Å². The van der Waals surface area contributed by atoms with Gasteiger partial charge in [0, 0.05) is 6.42 Å². The average molecular weight is 845 g/mol. The lowest BCUT2D eigenvalue weighted by molar-refractivity contribution is -0.870. The van der Waals surface area contributed by atoms with Gasteiger partial charge in [0.1, 0.15) is 13.2 Å². The lowest BCUT2D eigenvalue weighted by atomic mass is 10.0. The highest BCUT2D eigenvalue weighted by Gasteiger charge is 2.24. The van der Waals surface area contributed by atoms with Crippen LogP contribution in [0.1, 0.15) is 258 Å². The zero-order valence-electron chi connectivity index (χ0n) is 39.5. The van der Waals surface area contributed by atoms with E-state index in [1.165, 1.54) is 193 Å². The van der Waals surface area contributed by atoms with Crippen LogP contribution in [0.25, 0.3) is 0 Å². The van der Waals surface area contributed by atoms with E-state index >= 15 is 0 Å². The predicted molar refractivity (Wildman–Crippen MR) is 247 cm³/mol. The Bertz CT molecular complexity index is 916.